The van der Waals surface area contributed by atoms with Crippen LogP contribution in [0.3, 0.4) is 0 Å². The second-order valence-electron chi connectivity index (χ2n) is 8.22. The maximum Gasteiger partial charge on any atom is 0.410 e. The van der Waals surface area contributed by atoms with Gasteiger partial charge in [0.05, 0.1) is 4.92 Å². The van der Waals surface area contributed by atoms with Crippen molar-refractivity contribution in [2.75, 3.05) is 31.6 Å². The molecule has 28 heavy (non-hydrogen) atoms. The molecule has 2 heterocycles. The largest absolute Gasteiger partial charge is 0.444 e. The third kappa shape index (κ3) is 4.71. The van der Waals surface area contributed by atoms with Gasteiger partial charge in [0.2, 0.25) is 0 Å². The van der Waals surface area contributed by atoms with Crippen LogP contribution in [0.5, 0.6) is 0 Å². The highest BCUT2D eigenvalue weighted by Gasteiger charge is 2.28. The van der Waals surface area contributed by atoms with Gasteiger partial charge in [0, 0.05) is 38.8 Å². The fraction of sp³-hybridized carbons (Fsp3) is 0.579. The quantitative estimate of drug-likeness (QED) is 0.577. The third-order valence-electron chi connectivity index (χ3n) is 4.60. The van der Waals surface area contributed by atoms with E-state index in [-0.39, 0.29) is 17.7 Å². The van der Waals surface area contributed by atoms with E-state index in [4.69, 9.17) is 9.15 Å². The molecule has 152 valence electrons. The van der Waals surface area contributed by atoms with Crippen LogP contribution in [-0.2, 0) is 4.74 Å². The first-order valence-electron chi connectivity index (χ1n) is 9.36. The summed E-state index contributed by atoms with van der Waals surface area (Å²) in [5.41, 5.74) is 0.429. The first kappa shape index (κ1) is 19.9. The molecule has 9 heteroatoms. The first-order chi connectivity index (χ1) is 13.1. The fourth-order valence-electron chi connectivity index (χ4n) is 3.35. The van der Waals surface area contributed by atoms with E-state index in [0.29, 0.717) is 36.7 Å². The molecule has 0 radical (unpaired) electrons. The molecule has 0 bridgehead atoms. The summed E-state index contributed by atoms with van der Waals surface area (Å²) in [6.45, 7) is 7.55. The van der Waals surface area contributed by atoms with Gasteiger partial charge in [0.15, 0.2) is 5.58 Å². The lowest BCUT2D eigenvalue weighted by Crippen LogP contribution is -2.45. The number of carbonyl (C=O) groups is 1. The number of fused-ring (bicyclic) bond motifs is 1. The van der Waals surface area contributed by atoms with Crippen LogP contribution in [0.25, 0.3) is 11.1 Å². The predicted octanol–water partition coefficient (Wildman–Crippen LogP) is 3.82. The van der Waals surface area contributed by atoms with Crippen LogP contribution in [-0.4, -0.2) is 53.2 Å². The SMILES string of the molecule is CN(CC1CCCN(C(=O)OC(C)(C)C)C1)c1nc2cc([N+](=O)[O-])ccc2o1. The molecule has 1 aromatic heterocycles. The molecule has 1 aliphatic heterocycles. The summed E-state index contributed by atoms with van der Waals surface area (Å²) in [7, 11) is 1.87. The van der Waals surface area contributed by atoms with Crippen molar-refractivity contribution in [1.29, 1.82) is 0 Å². The smallest absolute Gasteiger partial charge is 0.410 e. The highest BCUT2D eigenvalue weighted by Crippen LogP contribution is 2.27. The van der Waals surface area contributed by atoms with E-state index < -0.39 is 10.5 Å². The van der Waals surface area contributed by atoms with Gasteiger partial charge >= 0.3 is 6.09 Å². The van der Waals surface area contributed by atoms with Crippen molar-refractivity contribution >= 4 is 28.9 Å². The number of anilines is 1. The Bertz CT molecular complexity index is 873. The van der Waals surface area contributed by atoms with Gasteiger partial charge < -0.3 is 19.0 Å². The van der Waals surface area contributed by atoms with Crippen LogP contribution in [0, 0.1) is 16.0 Å². The second kappa shape index (κ2) is 7.65. The zero-order chi connectivity index (χ0) is 20.5. The van der Waals surface area contributed by atoms with Crippen LogP contribution in [0.1, 0.15) is 33.6 Å². The van der Waals surface area contributed by atoms with Gasteiger partial charge in [0.1, 0.15) is 11.1 Å². The Labute approximate surface area is 163 Å². The number of benzene rings is 1. The topological polar surface area (TPSA) is 102 Å². The Morgan fingerprint density at radius 3 is 2.89 bits per heavy atom. The van der Waals surface area contributed by atoms with Crippen LogP contribution in [0.4, 0.5) is 16.5 Å². The molecule has 1 amide bonds. The maximum atomic E-state index is 12.3. The van der Waals surface area contributed by atoms with Gasteiger partial charge in [0.25, 0.3) is 11.7 Å². The summed E-state index contributed by atoms with van der Waals surface area (Å²) in [5.74, 6) is 0.260. The third-order valence-corrected chi connectivity index (χ3v) is 4.60. The first-order valence-corrected chi connectivity index (χ1v) is 9.36. The number of likely N-dealkylation sites (tertiary alicyclic amines) is 1. The van der Waals surface area contributed by atoms with E-state index in [1.165, 1.54) is 12.1 Å². The van der Waals surface area contributed by atoms with Gasteiger partial charge in [-0.05, 0) is 45.6 Å². The van der Waals surface area contributed by atoms with Gasteiger partial charge in [-0.15, -0.1) is 0 Å². The van der Waals surface area contributed by atoms with Crippen molar-refractivity contribution in [1.82, 2.24) is 9.88 Å². The zero-order valence-electron chi connectivity index (χ0n) is 16.7. The molecule has 0 N–H and O–H groups in total. The molecule has 3 rings (SSSR count). The van der Waals surface area contributed by atoms with E-state index >= 15 is 0 Å². The minimum atomic E-state index is -0.512. The highest BCUT2D eigenvalue weighted by atomic mass is 16.6. The van der Waals surface area contributed by atoms with Gasteiger partial charge in [-0.1, -0.05) is 0 Å². The number of nitro benzene ring substituents is 1. The normalized spacial score (nSPS) is 17.6. The van der Waals surface area contributed by atoms with E-state index in [9.17, 15) is 14.9 Å². The molecule has 1 unspecified atom stereocenters. The summed E-state index contributed by atoms with van der Waals surface area (Å²) in [4.78, 5) is 30.8. The Balaban J connectivity index is 1.65. The zero-order valence-corrected chi connectivity index (χ0v) is 16.7. The number of ether oxygens (including phenoxy) is 1. The van der Waals surface area contributed by atoms with Gasteiger partial charge in [-0.3, -0.25) is 10.1 Å². The van der Waals surface area contributed by atoms with E-state index in [1.807, 2.05) is 32.7 Å². The molecule has 0 spiro atoms. The average Bonchev–Trinajstić information content (AvgIpc) is 3.04. The number of aromatic nitrogens is 1. The minimum absolute atomic E-state index is 0.0183. The Hall–Kier alpha value is -2.84. The van der Waals surface area contributed by atoms with Crippen LogP contribution in [0.2, 0.25) is 0 Å². The monoisotopic (exact) mass is 390 g/mol. The minimum Gasteiger partial charge on any atom is -0.444 e. The molecule has 1 fully saturated rings. The van der Waals surface area contributed by atoms with Gasteiger partial charge in [-0.25, -0.2) is 4.79 Å². The summed E-state index contributed by atoms with van der Waals surface area (Å²) < 4.78 is 11.2. The molecular formula is C19H26N4O5. The van der Waals surface area contributed by atoms with E-state index in [2.05, 4.69) is 4.98 Å². The maximum absolute atomic E-state index is 12.3. The molecule has 2 aromatic rings. The van der Waals surface area contributed by atoms with Crippen molar-refractivity contribution in [2.24, 2.45) is 5.92 Å². The standard InChI is InChI=1S/C19H26N4O5/c1-19(2,3)28-18(24)22-9-5-6-13(12-22)11-21(4)17-20-15-10-14(23(25)26)7-8-16(15)27-17/h7-8,10,13H,5-6,9,11-12H2,1-4H3. The highest BCUT2D eigenvalue weighted by molar-refractivity contribution is 5.77. The van der Waals surface area contributed by atoms with Crippen molar-refractivity contribution < 1.29 is 18.9 Å². The van der Waals surface area contributed by atoms with Crippen molar-refractivity contribution in [3.8, 4) is 0 Å². The number of nitrogens with zero attached hydrogens (tertiary/aromatic N) is 4. The van der Waals surface area contributed by atoms with Crippen molar-refractivity contribution in [2.45, 2.75) is 39.2 Å². The summed E-state index contributed by atoms with van der Waals surface area (Å²) in [5, 5.41) is 10.9. The van der Waals surface area contributed by atoms with Gasteiger partial charge in [-0.2, -0.15) is 4.98 Å². The number of hydrogen-bond acceptors (Lipinski definition) is 7. The van der Waals surface area contributed by atoms with E-state index in [1.54, 1.807) is 11.0 Å². The van der Waals surface area contributed by atoms with Crippen molar-refractivity contribution in [3.05, 3.63) is 28.3 Å². The van der Waals surface area contributed by atoms with E-state index in [0.717, 1.165) is 12.8 Å². The number of amides is 1. The number of nitro groups is 1. The van der Waals surface area contributed by atoms with Crippen LogP contribution >= 0.6 is 0 Å². The Kier molecular flexibility index (Phi) is 5.44. The number of rotatable bonds is 4. The Morgan fingerprint density at radius 1 is 1.46 bits per heavy atom. The van der Waals surface area contributed by atoms with Crippen molar-refractivity contribution in [3.63, 3.8) is 0 Å². The number of hydrogen-bond donors (Lipinski definition) is 0. The second-order valence-corrected chi connectivity index (χ2v) is 8.22. The lowest BCUT2D eigenvalue weighted by atomic mass is 9.98. The molecule has 9 nitrogen and oxygen atoms in total. The summed E-state index contributed by atoms with van der Waals surface area (Å²) in [6.07, 6.45) is 1.63. The van der Waals surface area contributed by atoms with Crippen LogP contribution < -0.4 is 4.90 Å². The summed E-state index contributed by atoms with van der Waals surface area (Å²) in [6, 6.07) is 4.77. The molecule has 0 aliphatic carbocycles. The Morgan fingerprint density at radius 2 is 2.21 bits per heavy atom. The molecule has 1 aromatic carbocycles. The number of oxazole rings is 1. The lowest BCUT2D eigenvalue weighted by molar-refractivity contribution is -0.384. The van der Waals surface area contributed by atoms with Crippen LogP contribution in [0.15, 0.2) is 22.6 Å². The number of piperidine rings is 1. The summed E-state index contributed by atoms with van der Waals surface area (Å²) >= 11 is 0. The predicted molar refractivity (Wildman–Crippen MR) is 104 cm³/mol. The molecular weight excluding hydrogens is 364 g/mol. The molecule has 1 saturated heterocycles. The fourth-order valence-corrected chi connectivity index (χ4v) is 3.35. The molecule has 1 aliphatic rings. The molecule has 0 saturated carbocycles. The number of non-ortho nitro benzene ring substituents is 1. The average molecular weight is 390 g/mol. The lowest BCUT2D eigenvalue weighted by Gasteiger charge is -2.35. The number of carbonyl (C=O) groups excluding carboxylic acids is 1. The molecule has 1 atom stereocenters.